The summed E-state index contributed by atoms with van der Waals surface area (Å²) in [5.41, 5.74) is -0.211. The minimum Gasteiger partial charge on any atom is -0.772 e. The molecule has 0 radical (unpaired) electrons. The highest BCUT2D eigenvalue weighted by atomic mass is 32.2. The fourth-order valence-corrected chi connectivity index (χ4v) is 2.32. The summed E-state index contributed by atoms with van der Waals surface area (Å²) in [5.74, 6) is -2.30. The van der Waals surface area contributed by atoms with Gasteiger partial charge >= 0.3 is 5.97 Å². The SMILES string of the molecule is CCOC(=O)C(=CC=CN(CCS(=O)[O-])CCS(=O)(=O)[O-])C(C)=O. The minimum atomic E-state index is -4.46. The lowest BCUT2D eigenvalue weighted by Crippen LogP contribution is -2.28. The van der Waals surface area contributed by atoms with Crippen molar-refractivity contribution in [2.45, 2.75) is 13.8 Å². The van der Waals surface area contributed by atoms with Crippen LogP contribution in [0.2, 0.25) is 0 Å². The molecule has 0 heterocycles. The first kappa shape index (κ1) is 22.4. The fraction of sp³-hybridized carbons (Fsp3) is 0.538. The normalized spacial score (nSPS) is 13.8. The highest BCUT2D eigenvalue weighted by Crippen LogP contribution is 2.02. The van der Waals surface area contributed by atoms with Gasteiger partial charge in [0.15, 0.2) is 5.78 Å². The number of carbonyl (C=O) groups excluding carboxylic acids is 2. The van der Waals surface area contributed by atoms with Crippen LogP contribution in [-0.4, -0.2) is 69.6 Å². The molecule has 24 heavy (non-hydrogen) atoms. The molecule has 0 aliphatic heterocycles. The number of carbonyl (C=O) groups is 2. The average molecular weight is 381 g/mol. The maximum Gasteiger partial charge on any atom is 0.341 e. The van der Waals surface area contributed by atoms with Crippen LogP contribution in [0.1, 0.15) is 13.8 Å². The van der Waals surface area contributed by atoms with Gasteiger partial charge in [-0.05, 0) is 32.2 Å². The third-order valence-corrected chi connectivity index (χ3v) is 3.81. The van der Waals surface area contributed by atoms with Gasteiger partial charge in [-0.25, -0.2) is 13.2 Å². The van der Waals surface area contributed by atoms with E-state index in [1.165, 1.54) is 30.2 Å². The van der Waals surface area contributed by atoms with Crippen molar-refractivity contribution in [2.24, 2.45) is 0 Å². The Hall–Kier alpha value is -1.56. The number of Topliss-reactive ketones (excluding diaryl/α,β-unsaturated/α-hetero) is 1. The van der Waals surface area contributed by atoms with E-state index in [0.29, 0.717) is 0 Å². The zero-order chi connectivity index (χ0) is 18.8. The molecule has 0 aromatic rings. The van der Waals surface area contributed by atoms with Gasteiger partial charge in [0.05, 0.1) is 22.5 Å². The summed E-state index contributed by atoms with van der Waals surface area (Å²) < 4.78 is 57.9. The van der Waals surface area contributed by atoms with Crippen LogP contribution in [0.25, 0.3) is 0 Å². The molecule has 0 aliphatic carbocycles. The van der Waals surface area contributed by atoms with Crippen molar-refractivity contribution in [3.05, 3.63) is 23.9 Å². The standard InChI is InChI=1S/C13H21NO8S2/c1-3-22-13(16)12(11(2)15)5-4-6-14(7-9-23(17)18)8-10-24(19,20)21/h4-6H,3,7-10H2,1-2H3,(H,17,18)(H,19,20,21)/p-2. The molecule has 0 N–H and O–H groups in total. The van der Waals surface area contributed by atoms with Crippen LogP contribution >= 0.6 is 0 Å². The predicted molar refractivity (Wildman–Crippen MR) is 84.5 cm³/mol. The molecule has 9 nitrogen and oxygen atoms in total. The van der Waals surface area contributed by atoms with Crippen LogP contribution < -0.4 is 0 Å². The van der Waals surface area contributed by atoms with Crippen molar-refractivity contribution in [1.29, 1.82) is 0 Å². The van der Waals surface area contributed by atoms with Crippen molar-refractivity contribution in [3.63, 3.8) is 0 Å². The third-order valence-electron chi connectivity index (χ3n) is 2.61. The number of hydrogen-bond acceptors (Lipinski definition) is 9. The maximum absolute atomic E-state index is 11.6. The Balaban J connectivity index is 5.09. The molecular weight excluding hydrogens is 362 g/mol. The maximum atomic E-state index is 11.6. The van der Waals surface area contributed by atoms with E-state index < -0.39 is 38.7 Å². The summed E-state index contributed by atoms with van der Waals surface area (Å²) in [6.07, 6.45) is 3.74. The topological polar surface area (TPSA) is 144 Å². The second-order valence-electron chi connectivity index (χ2n) is 4.50. The van der Waals surface area contributed by atoms with Crippen molar-refractivity contribution >= 4 is 33.0 Å². The minimum absolute atomic E-state index is 0.0508. The van der Waals surface area contributed by atoms with Gasteiger partial charge in [0.1, 0.15) is 5.57 Å². The zero-order valence-corrected chi connectivity index (χ0v) is 14.9. The third kappa shape index (κ3) is 11.0. The number of ether oxygens (including phenoxy) is 1. The van der Waals surface area contributed by atoms with Crippen molar-refractivity contribution in [3.8, 4) is 0 Å². The molecule has 0 saturated heterocycles. The van der Waals surface area contributed by atoms with Gasteiger partial charge in [0.25, 0.3) is 0 Å². The van der Waals surface area contributed by atoms with Crippen LogP contribution in [0.4, 0.5) is 0 Å². The molecule has 0 fully saturated rings. The van der Waals surface area contributed by atoms with Gasteiger partial charge in [-0.15, -0.1) is 0 Å². The Bertz CT molecular complexity index is 624. The lowest BCUT2D eigenvalue weighted by Gasteiger charge is -2.21. The quantitative estimate of drug-likeness (QED) is 0.0863. The van der Waals surface area contributed by atoms with Crippen LogP contribution in [-0.2, 0) is 35.5 Å². The zero-order valence-electron chi connectivity index (χ0n) is 13.3. The van der Waals surface area contributed by atoms with Gasteiger partial charge in [0, 0.05) is 18.8 Å². The van der Waals surface area contributed by atoms with E-state index in [1.807, 2.05) is 0 Å². The van der Waals surface area contributed by atoms with Crippen molar-refractivity contribution < 1.29 is 36.1 Å². The Labute approximate surface area is 143 Å². The molecule has 1 atom stereocenters. The van der Waals surface area contributed by atoms with E-state index in [-0.39, 0.29) is 31.0 Å². The van der Waals surface area contributed by atoms with Crippen LogP contribution in [0.3, 0.4) is 0 Å². The van der Waals surface area contributed by atoms with Crippen LogP contribution in [0, 0.1) is 0 Å². The summed E-state index contributed by atoms with van der Waals surface area (Å²) in [6.45, 7) is 2.58. The molecule has 0 aromatic carbocycles. The summed E-state index contributed by atoms with van der Waals surface area (Å²) in [6, 6.07) is 0. The summed E-state index contributed by atoms with van der Waals surface area (Å²) in [5, 5.41) is 0. The molecule has 0 spiro atoms. The first-order valence-corrected chi connectivity index (χ1v) is 9.69. The summed E-state index contributed by atoms with van der Waals surface area (Å²) in [7, 11) is -4.46. The number of ketones is 1. The van der Waals surface area contributed by atoms with Gasteiger partial charge in [-0.3, -0.25) is 9.00 Å². The molecule has 0 rings (SSSR count). The van der Waals surface area contributed by atoms with Crippen molar-refractivity contribution in [1.82, 2.24) is 4.90 Å². The molecule has 1 unspecified atom stereocenters. The number of esters is 1. The first-order valence-electron chi connectivity index (χ1n) is 6.86. The van der Waals surface area contributed by atoms with E-state index in [1.54, 1.807) is 6.92 Å². The van der Waals surface area contributed by atoms with Crippen LogP contribution in [0.15, 0.2) is 23.9 Å². The van der Waals surface area contributed by atoms with Gasteiger partial charge in [-0.1, -0.05) is 11.1 Å². The number of nitrogens with zero attached hydrogens (tertiary/aromatic N) is 1. The van der Waals surface area contributed by atoms with Crippen LogP contribution in [0.5, 0.6) is 0 Å². The molecular formula is C13H19NO8S2-2. The second kappa shape index (κ2) is 11.1. The van der Waals surface area contributed by atoms with E-state index in [9.17, 15) is 31.3 Å². The lowest BCUT2D eigenvalue weighted by atomic mass is 10.2. The molecule has 0 bridgehead atoms. The predicted octanol–water partition coefficient (Wildman–Crippen LogP) is -0.695. The average Bonchev–Trinajstić information content (AvgIpc) is 2.43. The molecule has 0 saturated carbocycles. The number of rotatable bonds is 11. The fourth-order valence-electron chi connectivity index (χ4n) is 1.48. The Morgan fingerprint density at radius 2 is 1.92 bits per heavy atom. The van der Waals surface area contributed by atoms with Crippen molar-refractivity contribution in [2.75, 3.05) is 31.2 Å². The Morgan fingerprint density at radius 1 is 1.29 bits per heavy atom. The summed E-state index contributed by atoms with van der Waals surface area (Å²) in [4.78, 5) is 24.2. The van der Waals surface area contributed by atoms with E-state index in [0.717, 1.165) is 0 Å². The molecule has 0 amide bonds. The molecule has 0 aliphatic rings. The molecule has 11 heteroatoms. The van der Waals surface area contributed by atoms with E-state index >= 15 is 0 Å². The lowest BCUT2D eigenvalue weighted by molar-refractivity contribution is -0.139. The highest BCUT2D eigenvalue weighted by molar-refractivity contribution is 7.85. The number of allylic oxidation sites excluding steroid dienone is 2. The van der Waals surface area contributed by atoms with E-state index in [4.69, 9.17) is 4.74 Å². The molecule has 138 valence electrons. The van der Waals surface area contributed by atoms with E-state index in [2.05, 4.69) is 0 Å². The Morgan fingerprint density at radius 3 is 2.38 bits per heavy atom. The highest BCUT2D eigenvalue weighted by Gasteiger charge is 2.14. The Kier molecular flexibility index (Phi) is 10.4. The largest absolute Gasteiger partial charge is 0.772 e. The van der Waals surface area contributed by atoms with Gasteiger partial charge < -0.3 is 18.7 Å². The van der Waals surface area contributed by atoms with Gasteiger partial charge in [0.2, 0.25) is 0 Å². The first-order chi connectivity index (χ1) is 11.1. The smallest absolute Gasteiger partial charge is 0.341 e. The number of hydrogen-bond donors (Lipinski definition) is 0. The molecule has 0 aromatic heterocycles. The second-order valence-corrected chi connectivity index (χ2v) is 7.04. The van der Waals surface area contributed by atoms with Gasteiger partial charge in [-0.2, -0.15) is 0 Å². The monoisotopic (exact) mass is 381 g/mol. The summed E-state index contributed by atoms with van der Waals surface area (Å²) >= 11 is -2.34.